The predicted octanol–water partition coefficient (Wildman–Crippen LogP) is 1.02. The Hall–Kier alpha value is -1.48. The number of nitriles is 1. The lowest BCUT2D eigenvalue weighted by atomic mass is 10.1. The Kier molecular flexibility index (Phi) is 3.54. The van der Waals surface area contributed by atoms with Gasteiger partial charge in [-0.05, 0) is 15.9 Å². The first-order valence-corrected chi connectivity index (χ1v) is 4.43. The van der Waals surface area contributed by atoms with E-state index in [2.05, 4.69) is 30.6 Å². The molecule has 72 valence electrons. The number of rotatable bonds is 2. The predicted molar refractivity (Wildman–Crippen MR) is 50.1 cm³/mol. The van der Waals surface area contributed by atoms with Crippen molar-refractivity contribution in [2.24, 2.45) is 0 Å². The molecule has 0 aliphatic carbocycles. The number of ether oxygens (including phenoxy) is 1. The lowest BCUT2D eigenvalue weighted by Gasteiger charge is -2.04. The molecule has 5 nitrogen and oxygen atoms in total. The Morgan fingerprint density at radius 3 is 2.64 bits per heavy atom. The number of esters is 1. The Morgan fingerprint density at radius 1 is 1.64 bits per heavy atom. The molecule has 0 aliphatic rings. The third-order valence-corrected chi connectivity index (χ3v) is 1.87. The van der Waals surface area contributed by atoms with Gasteiger partial charge in [0.2, 0.25) is 5.92 Å². The summed E-state index contributed by atoms with van der Waals surface area (Å²) in [4.78, 5) is 18.8. The smallest absolute Gasteiger partial charge is 0.330 e. The fourth-order valence-corrected chi connectivity index (χ4v) is 1.01. The summed E-state index contributed by atoms with van der Waals surface area (Å²) in [5, 5.41) is 8.71. The van der Waals surface area contributed by atoms with Crippen LogP contribution in [-0.2, 0) is 9.53 Å². The van der Waals surface area contributed by atoms with Gasteiger partial charge in [-0.1, -0.05) is 0 Å². The van der Waals surface area contributed by atoms with Crippen LogP contribution in [0.3, 0.4) is 0 Å². The first kappa shape index (κ1) is 10.6. The number of carbonyl (C=O) groups excluding carboxylic acids is 1. The van der Waals surface area contributed by atoms with Crippen LogP contribution in [0, 0.1) is 11.3 Å². The van der Waals surface area contributed by atoms with Crippen LogP contribution in [0.4, 0.5) is 0 Å². The zero-order valence-corrected chi connectivity index (χ0v) is 8.85. The molecule has 1 aromatic heterocycles. The van der Waals surface area contributed by atoms with Crippen molar-refractivity contribution in [3.05, 3.63) is 22.7 Å². The van der Waals surface area contributed by atoms with Crippen LogP contribution in [-0.4, -0.2) is 23.0 Å². The van der Waals surface area contributed by atoms with Gasteiger partial charge in [-0.3, -0.25) is 4.79 Å². The van der Waals surface area contributed by atoms with E-state index in [-0.39, 0.29) is 5.82 Å². The normalized spacial score (nSPS) is 11.5. The zero-order valence-electron chi connectivity index (χ0n) is 7.27. The van der Waals surface area contributed by atoms with Gasteiger partial charge in [0.25, 0.3) is 0 Å². The molecule has 0 amide bonds. The molecule has 0 bridgehead atoms. The molecule has 1 rings (SSSR count). The minimum atomic E-state index is -1.06. The number of carbonyl (C=O) groups is 1. The van der Waals surface area contributed by atoms with Crippen molar-refractivity contribution in [3.63, 3.8) is 0 Å². The van der Waals surface area contributed by atoms with Crippen molar-refractivity contribution in [2.75, 3.05) is 7.11 Å². The van der Waals surface area contributed by atoms with Crippen LogP contribution in [0.2, 0.25) is 0 Å². The monoisotopic (exact) mass is 255 g/mol. The highest BCUT2D eigenvalue weighted by atomic mass is 79.9. The van der Waals surface area contributed by atoms with Crippen molar-refractivity contribution in [3.8, 4) is 6.07 Å². The minimum absolute atomic E-state index is 0.141. The molecule has 0 saturated carbocycles. The summed E-state index contributed by atoms with van der Waals surface area (Å²) in [6, 6.07) is 1.77. The Labute approximate surface area is 88.9 Å². The van der Waals surface area contributed by atoms with Crippen LogP contribution in [0.25, 0.3) is 0 Å². The van der Waals surface area contributed by atoms with Crippen molar-refractivity contribution < 1.29 is 9.53 Å². The maximum Gasteiger partial charge on any atom is 0.330 e. The van der Waals surface area contributed by atoms with Gasteiger partial charge in [-0.2, -0.15) is 5.26 Å². The fraction of sp³-hybridized carbons (Fsp3) is 0.250. The van der Waals surface area contributed by atoms with Gasteiger partial charge in [-0.15, -0.1) is 0 Å². The molecule has 0 N–H and O–H groups in total. The number of halogens is 1. The third kappa shape index (κ3) is 2.26. The number of aromatic nitrogens is 2. The maximum atomic E-state index is 11.1. The molecule has 0 radical (unpaired) electrons. The summed E-state index contributed by atoms with van der Waals surface area (Å²) in [6.07, 6.45) is 2.94. The molecule has 0 fully saturated rings. The molecule has 1 aromatic rings. The summed E-state index contributed by atoms with van der Waals surface area (Å²) in [5.41, 5.74) is 0. The van der Waals surface area contributed by atoms with Crippen molar-refractivity contribution in [1.82, 2.24) is 9.97 Å². The number of hydrogen-bond acceptors (Lipinski definition) is 5. The maximum absolute atomic E-state index is 11.1. The lowest BCUT2D eigenvalue weighted by molar-refractivity contribution is -0.141. The number of methoxy groups -OCH3 is 1. The summed E-state index contributed by atoms with van der Waals surface area (Å²) >= 11 is 3.15. The standard InChI is InChI=1S/C8H6BrN3O2/c1-14-8(13)6(2-10)7-11-3-5(9)4-12-7/h3-4,6H,1H3/t6-/m0/s1. The van der Waals surface area contributed by atoms with E-state index >= 15 is 0 Å². The lowest BCUT2D eigenvalue weighted by Crippen LogP contribution is -2.15. The Morgan fingerprint density at radius 2 is 2.21 bits per heavy atom. The van der Waals surface area contributed by atoms with Gasteiger partial charge in [0.1, 0.15) is 0 Å². The van der Waals surface area contributed by atoms with Gasteiger partial charge in [0.15, 0.2) is 5.82 Å². The van der Waals surface area contributed by atoms with Crippen LogP contribution in [0.1, 0.15) is 11.7 Å². The van der Waals surface area contributed by atoms with Gasteiger partial charge in [0.05, 0.1) is 17.7 Å². The van der Waals surface area contributed by atoms with Gasteiger partial charge in [0, 0.05) is 12.4 Å². The van der Waals surface area contributed by atoms with Crippen molar-refractivity contribution >= 4 is 21.9 Å². The molecule has 0 aromatic carbocycles. The molecule has 0 aliphatic heterocycles. The topological polar surface area (TPSA) is 75.9 Å². The molecule has 6 heteroatoms. The van der Waals surface area contributed by atoms with E-state index in [1.165, 1.54) is 19.5 Å². The van der Waals surface area contributed by atoms with Crippen LogP contribution in [0.15, 0.2) is 16.9 Å². The van der Waals surface area contributed by atoms with Gasteiger partial charge < -0.3 is 4.74 Å². The van der Waals surface area contributed by atoms with E-state index in [9.17, 15) is 4.79 Å². The quantitative estimate of drug-likeness (QED) is 0.738. The fourth-order valence-electron chi connectivity index (χ4n) is 0.805. The van der Waals surface area contributed by atoms with E-state index in [1.54, 1.807) is 6.07 Å². The van der Waals surface area contributed by atoms with Crippen LogP contribution < -0.4 is 0 Å². The van der Waals surface area contributed by atoms with E-state index in [0.717, 1.165) is 0 Å². The van der Waals surface area contributed by atoms with Crippen LogP contribution in [0.5, 0.6) is 0 Å². The largest absolute Gasteiger partial charge is 0.468 e. The SMILES string of the molecule is COC(=O)[C@@H](C#N)c1ncc(Br)cn1. The summed E-state index contributed by atoms with van der Waals surface area (Å²) in [5.74, 6) is -1.58. The Balaban J connectivity index is 2.97. The summed E-state index contributed by atoms with van der Waals surface area (Å²) < 4.78 is 5.12. The Bertz CT molecular complexity index is 371. The van der Waals surface area contributed by atoms with Crippen LogP contribution >= 0.6 is 15.9 Å². The number of hydrogen-bond donors (Lipinski definition) is 0. The van der Waals surface area contributed by atoms with E-state index in [0.29, 0.717) is 4.47 Å². The molecule has 0 spiro atoms. The minimum Gasteiger partial charge on any atom is -0.468 e. The molecular weight excluding hydrogens is 250 g/mol. The highest BCUT2D eigenvalue weighted by Crippen LogP contribution is 2.13. The first-order chi connectivity index (χ1) is 6.69. The van der Waals surface area contributed by atoms with Crippen molar-refractivity contribution in [2.45, 2.75) is 5.92 Å². The second kappa shape index (κ2) is 4.67. The molecule has 0 saturated heterocycles. The first-order valence-electron chi connectivity index (χ1n) is 3.64. The zero-order chi connectivity index (χ0) is 10.6. The highest BCUT2D eigenvalue weighted by Gasteiger charge is 2.23. The molecular formula is C8H6BrN3O2. The highest BCUT2D eigenvalue weighted by molar-refractivity contribution is 9.10. The summed E-state index contributed by atoms with van der Waals surface area (Å²) in [6.45, 7) is 0. The van der Waals surface area contributed by atoms with E-state index in [1.807, 2.05) is 0 Å². The third-order valence-electron chi connectivity index (χ3n) is 1.46. The van der Waals surface area contributed by atoms with Crippen molar-refractivity contribution in [1.29, 1.82) is 5.26 Å². The number of nitrogens with zero attached hydrogens (tertiary/aromatic N) is 3. The van der Waals surface area contributed by atoms with Gasteiger partial charge >= 0.3 is 5.97 Å². The molecule has 0 unspecified atom stereocenters. The molecule has 14 heavy (non-hydrogen) atoms. The average Bonchev–Trinajstić information content (AvgIpc) is 2.21. The summed E-state index contributed by atoms with van der Waals surface area (Å²) in [7, 11) is 1.21. The van der Waals surface area contributed by atoms with E-state index in [4.69, 9.17) is 5.26 Å². The second-order valence-electron chi connectivity index (χ2n) is 2.34. The van der Waals surface area contributed by atoms with E-state index < -0.39 is 11.9 Å². The average molecular weight is 256 g/mol. The molecule has 1 atom stereocenters. The van der Waals surface area contributed by atoms with Gasteiger partial charge in [-0.25, -0.2) is 9.97 Å². The molecule has 1 heterocycles. The second-order valence-corrected chi connectivity index (χ2v) is 3.26.